The van der Waals surface area contributed by atoms with E-state index in [1.54, 1.807) is 19.1 Å². The van der Waals surface area contributed by atoms with Crippen LogP contribution in [0.25, 0.3) is 33.4 Å². The minimum absolute atomic E-state index is 0.0964. The van der Waals surface area contributed by atoms with Crippen molar-refractivity contribution < 1.29 is 22.0 Å². The predicted octanol–water partition coefficient (Wildman–Crippen LogP) is 5.34. The number of hydrogen-bond donors (Lipinski definition) is 2. The largest absolute Gasteiger partial charge is 0.455 e. The van der Waals surface area contributed by atoms with Crippen molar-refractivity contribution in [3.63, 3.8) is 0 Å². The van der Waals surface area contributed by atoms with Gasteiger partial charge in [0.05, 0.1) is 17.0 Å². The summed E-state index contributed by atoms with van der Waals surface area (Å²) < 4.78 is 46.9. The Morgan fingerprint density at radius 2 is 1.64 bits per heavy atom. The third-order valence-corrected chi connectivity index (χ3v) is 6.69. The molecule has 0 spiro atoms. The van der Waals surface area contributed by atoms with Crippen molar-refractivity contribution in [1.29, 1.82) is 0 Å². The van der Waals surface area contributed by atoms with Crippen LogP contribution in [0.4, 0.5) is 10.1 Å². The summed E-state index contributed by atoms with van der Waals surface area (Å²) in [6.45, 7) is 3.51. The molecule has 4 aromatic rings. The van der Waals surface area contributed by atoms with Crippen LogP contribution < -0.4 is 10.0 Å². The van der Waals surface area contributed by atoms with Crippen LogP contribution >= 0.6 is 0 Å². The molecule has 0 aliphatic rings. The Hall–Kier alpha value is -3.65. The van der Waals surface area contributed by atoms with Crippen molar-refractivity contribution in [3.8, 4) is 22.5 Å². The fraction of sp³-hybridized carbons (Fsp3) is 0.160. The molecule has 0 radical (unpaired) electrons. The molecule has 1 aromatic heterocycles. The van der Waals surface area contributed by atoms with Gasteiger partial charge in [-0.15, -0.1) is 0 Å². The molecular formula is C25H23FN2O4S. The Balaban J connectivity index is 2.03. The number of fused-ring (bicyclic) bond motifs is 1. The van der Waals surface area contributed by atoms with Crippen LogP contribution in [-0.2, 0) is 10.0 Å². The van der Waals surface area contributed by atoms with Crippen molar-refractivity contribution in [2.24, 2.45) is 0 Å². The zero-order valence-corrected chi connectivity index (χ0v) is 19.2. The molecule has 2 N–H and O–H groups in total. The summed E-state index contributed by atoms with van der Waals surface area (Å²) in [6, 6.07) is 16.6. The number of carbonyl (C=O) groups excluding carboxylic acids is 1. The van der Waals surface area contributed by atoms with Crippen molar-refractivity contribution >= 4 is 32.6 Å². The van der Waals surface area contributed by atoms with Gasteiger partial charge in [0.1, 0.15) is 17.2 Å². The first kappa shape index (κ1) is 22.5. The molecule has 0 fully saturated rings. The lowest BCUT2D eigenvalue weighted by Gasteiger charge is -2.13. The SMILES string of the molecule is CCS(=O)(=O)Nc1cc2oc(-c3ccc(F)cc3)c(C(=O)NC)c2cc1-c1ccc(C)cc1. The van der Waals surface area contributed by atoms with Crippen LogP contribution in [-0.4, -0.2) is 27.1 Å². The van der Waals surface area contributed by atoms with E-state index in [1.807, 2.05) is 31.2 Å². The van der Waals surface area contributed by atoms with Gasteiger partial charge in [-0.3, -0.25) is 9.52 Å². The average Bonchev–Trinajstić information content (AvgIpc) is 3.17. The van der Waals surface area contributed by atoms with Crippen molar-refractivity contribution in [3.05, 3.63) is 77.6 Å². The second kappa shape index (κ2) is 8.71. The quantitative estimate of drug-likeness (QED) is 0.402. The van der Waals surface area contributed by atoms with Crippen LogP contribution in [0.5, 0.6) is 0 Å². The molecule has 33 heavy (non-hydrogen) atoms. The van der Waals surface area contributed by atoms with E-state index in [4.69, 9.17) is 4.42 Å². The number of amides is 1. The lowest BCUT2D eigenvalue weighted by atomic mass is 9.98. The summed E-state index contributed by atoms with van der Waals surface area (Å²) in [5, 5.41) is 3.14. The van der Waals surface area contributed by atoms with E-state index < -0.39 is 15.8 Å². The average molecular weight is 467 g/mol. The summed E-state index contributed by atoms with van der Waals surface area (Å²) in [4.78, 5) is 12.8. The fourth-order valence-corrected chi connectivity index (χ4v) is 4.24. The molecule has 4 rings (SSSR count). The fourth-order valence-electron chi connectivity index (χ4n) is 3.59. The maximum absolute atomic E-state index is 13.5. The van der Waals surface area contributed by atoms with Gasteiger partial charge < -0.3 is 9.73 Å². The smallest absolute Gasteiger partial charge is 0.255 e. The lowest BCUT2D eigenvalue weighted by molar-refractivity contribution is 0.0964. The number of halogens is 1. The Labute approximate surface area is 191 Å². The topological polar surface area (TPSA) is 88.4 Å². The molecule has 6 nitrogen and oxygen atoms in total. The molecule has 1 heterocycles. The van der Waals surface area contributed by atoms with Crippen molar-refractivity contribution in [1.82, 2.24) is 5.32 Å². The maximum Gasteiger partial charge on any atom is 0.255 e. The molecule has 0 saturated heterocycles. The van der Waals surface area contributed by atoms with Crippen LogP contribution in [0.2, 0.25) is 0 Å². The number of aryl methyl sites for hydroxylation is 1. The summed E-state index contributed by atoms with van der Waals surface area (Å²) in [5.41, 5.74) is 3.94. The zero-order valence-electron chi connectivity index (χ0n) is 18.4. The number of furan rings is 1. The van der Waals surface area contributed by atoms with Gasteiger partial charge in [-0.1, -0.05) is 29.8 Å². The van der Waals surface area contributed by atoms with E-state index in [1.165, 1.54) is 31.3 Å². The molecule has 0 saturated carbocycles. The van der Waals surface area contributed by atoms with Gasteiger partial charge in [0.2, 0.25) is 10.0 Å². The molecule has 1 amide bonds. The molecule has 0 unspecified atom stereocenters. The third-order valence-electron chi connectivity index (χ3n) is 5.40. The van der Waals surface area contributed by atoms with Gasteiger partial charge in [-0.05, 0) is 49.7 Å². The minimum atomic E-state index is -3.57. The number of sulfonamides is 1. The van der Waals surface area contributed by atoms with E-state index in [2.05, 4.69) is 10.0 Å². The van der Waals surface area contributed by atoms with E-state index in [0.717, 1.165) is 11.1 Å². The summed E-state index contributed by atoms with van der Waals surface area (Å²) >= 11 is 0. The second-order valence-corrected chi connectivity index (χ2v) is 9.67. The molecule has 3 aromatic carbocycles. The highest BCUT2D eigenvalue weighted by Crippen LogP contribution is 2.40. The summed E-state index contributed by atoms with van der Waals surface area (Å²) in [5.74, 6) is -0.602. The third kappa shape index (κ3) is 4.47. The highest BCUT2D eigenvalue weighted by atomic mass is 32.2. The number of anilines is 1. The number of benzene rings is 3. The zero-order chi connectivity index (χ0) is 23.8. The normalized spacial score (nSPS) is 11.5. The summed E-state index contributed by atoms with van der Waals surface area (Å²) in [7, 11) is -2.06. The molecular weight excluding hydrogens is 443 g/mol. The predicted molar refractivity (Wildman–Crippen MR) is 128 cm³/mol. The molecule has 8 heteroatoms. The number of carbonyl (C=O) groups is 1. The highest BCUT2D eigenvalue weighted by Gasteiger charge is 2.24. The molecule has 170 valence electrons. The van der Waals surface area contributed by atoms with Gasteiger partial charge in [-0.2, -0.15) is 0 Å². The van der Waals surface area contributed by atoms with Gasteiger partial charge in [0.15, 0.2) is 0 Å². The molecule has 0 aliphatic carbocycles. The highest BCUT2D eigenvalue weighted by molar-refractivity contribution is 7.92. The standard InChI is InChI=1S/C25H23FN2O4S/c1-4-33(30,31)28-21-14-22-20(13-19(21)16-7-5-15(2)6-8-16)23(25(29)27-3)24(32-22)17-9-11-18(26)12-10-17/h5-14,28H,4H2,1-3H3,(H,27,29). The number of nitrogens with one attached hydrogen (secondary N) is 2. The Bertz CT molecular complexity index is 1440. The van der Waals surface area contributed by atoms with Crippen LogP contribution in [0.3, 0.4) is 0 Å². The van der Waals surface area contributed by atoms with E-state index in [9.17, 15) is 17.6 Å². The minimum Gasteiger partial charge on any atom is -0.455 e. The maximum atomic E-state index is 13.5. The van der Waals surface area contributed by atoms with Crippen molar-refractivity contribution in [2.75, 3.05) is 17.5 Å². The summed E-state index contributed by atoms with van der Waals surface area (Å²) in [6.07, 6.45) is 0. The molecule has 0 aliphatic heterocycles. The monoisotopic (exact) mass is 466 g/mol. The number of rotatable bonds is 6. The van der Waals surface area contributed by atoms with Crippen molar-refractivity contribution in [2.45, 2.75) is 13.8 Å². The van der Waals surface area contributed by atoms with Gasteiger partial charge in [0, 0.05) is 29.6 Å². The lowest BCUT2D eigenvalue weighted by Crippen LogP contribution is -2.18. The number of hydrogen-bond acceptors (Lipinski definition) is 4. The van der Waals surface area contributed by atoms with Gasteiger partial charge in [-0.25, -0.2) is 12.8 Å². The van der Waals surface area contributed by atoms with Gasteiger partial charge >= 0.3 is 0 Å². The second-order valence-electron chi connectivity index (χ2n) is 7.66. The van der Waals surface area contributed by atoms with Crippen LogP contribution in [0, 0.1) is 12.7 Å². The Morgan fingerprint density at radius 3 is 2.24 bits per heavy atom. The molecule has 0 atom stereocenters. The van der Waals surface area contributed by atoms with Crippen LogP contribution in [0.15, 0.2) is 65.1 Å². The first-order valence-electron chi connectivity index (χ1n) is 10.4. The van der Waals surface area contributed by atoms with Crippen LogP contribution in [0.1, 0.15) is 22.8 Å². The first-order chi connectivity index (χ1) is 15.7. The first-order valence-corrected chi connectivity index (χ1v) is 12.0. The van der Waals surface area contributed by atoms with E-state index in [0.29, 0.717) is 27.8 Å². The van der Waals surface area contributed by atoms with E-state index >= 15 is 0 Å². The Kier molecular flexibility index (Phi) is 5.95. The molecule has 0 bridgehead atoms. The Morgan fingerprint density at radius 1 is 1.00 bits per heavy atom. The van der Waals surface area contributed by atoms with E-state index in [-0.39, 0.29) is 23.0 Å². The van der Waals surface area contributed by atoms with Gasteiger partial charge in [0.25, 0.3) is 5.91 Å².